The summed E-state index contributed by atoms with van der Waals surface area (Å²) in [6.07, 6.45) is 0.179. The molecule has 0 spiro atoms. The largest absolute Gasteiger partial charge is 0.490 e. The summed E-state index contributed by atoms with van der Waals surface area (Å²) < 4.78 is 17.8. The molecule has 0 aromatic heterocycles. The zero-order valence-electron chi connectivity index (χ0n) is 15.3. The summed E-state index contributed by atoms with van der Waals surface area (Å²) in [6, 6.07) is 12.8. The molecule has 2 aromatic rings. The van der Waals surface area contributed by atoms with Crippen molar-refractivity contribution in [3.8, 4) is 17.2 Å². The highest BCUT2D eigenvalue weighted by molar-refractivity contribution is 5.65. The fraction of sp³-hybridized carbons (Fsp3) is 0.400. The maximum atomic E-state index is 6.12. The van der Waals surface area contributed by atoms with Gasteiger partial charge in [-0.1, -0.05) is 13.0 Å². The van der Waals surface area contributed by atoms with Gasteiger partial charge in [0, 0.05) is 31.1 Å². The fourth-order valence-electron chi connectivity index (χ4n) is 2.91. The van der Waals surface area contributed by atoms with Gasteiger partial charge in [-0.2, -0.15) is 0 Å². The summed E-state index contributed by atoms with van der Waals surface area (Å²) in [7, 11) is 0. The molecule has 1 aliphatic rings. The van der Waals surface area contributed by atoms with Gasteiger partial charge in [-0.25, -0.2) is 0 Å². The van der Waals surface area contributed by atoms with Crippen molar-refractivity contribution in [1.82, 2.24) is 5.32 Å². The standard InChI is InChI=1S/C20H27N3O3/c1-13(20-12-23-8-9-24-20)14(2)25-15-4-3-5-16(10-15)26-17-6-7-18(21)19(22)11-17/h3-7,10-11,13-14,20,23H,8-9,12,21-22H2,1-2H3. The third-order valence-electron chi connectivity index (χ3n) is 4.70. The average Bonchev–Trinajstić information content (AvgIpc) is 2.65. The Morgan fingerprint density at radius 3 is 2.54 bits per heavy atom. The van der Waals surface area contributed by atoms with Crippen LogP contribution in [0.4, 0.5) is 11.4 Å². The molecule has 1 saturated heterocycles. The van der Waals surface area contributed by atoms with E-state index in [9.17, 15) is 0 Å². The van der Waals surface area contributed by atoms with E-state index < -0.39 is 0 Å². The van der Waals surface area contributed by atoms with Crippen molar-refractivity contribution in [2.24, 2.45) is 5.92 Å². The van der Waals surface area contributed by atoms with Crippen LogP contribution in [-0.2, 0) is 4.74 Å². The molecule has 140 valence electrons. The lowest BCUT2D eigenvalue weighted by Crippen LogP contribution is -2.45. The number of nitrogen functional groups attached to an aromatic ring is 2. The van der Waals surface area contributed by atoms with Crippen LogP contribution in [0.5, 0.6) is 17.2 Å². The van der Waals surface area contributed by atoms with Crippen molar-refractivity contribution in [3.05, 3.63) is 42.5 Å². The second-order valence-corrected chi connectivity index (χ2v) is 6.66. The van der Waals surface area contributed by atoms with Crippen molar-refractivity contribution in [2.45, 2.75) is 26.1 Å². The third-order valence-corrected chi connectivity index (χ3v) is 4.70. The van der Waals surface area contributed by atoms with Gasteiger partial charge in [-0.05, 0) is 31.2 Å². The summed E-state index contributed by atoms with van der Waals surface area (Å²) in [6.45, 7) is 6.73. The Morgan fingerprint density at radius 1 is 1.04 bits per heavy atom. The van der Waals surface area contributed by atoms with E-state index in [2.05, 4.69) is 19.2 Å². The molecule has 0 bridgehead atoms. The van der Waals surface area contributed by atoms with Gasteiger partial charge in [0.25, 0.3) is 0 Å². The number of anilines is 2. The normalized spacial score (nSPS) is 19.5. The molecule has 3 rings (SSSR count). The first-order chi connectivity index (χ1) is 12.5. The molecular weight excluding hydrogens is 330 g/mol. The van der Waals surface area contributed by atoms with E-state index in [1.165, 1.54) is 0 Å². The first kappa shape index (κ1) is 18.4. The van der Waals surface area contributed by atoms with Crippen molar-refractivity contribution in [3.63, 3.8) is 0 Å². The van der Waals surface area contributed by atoms with E-state index in [4.69, 9.17) is 25.7 Å². The van der Waals surface area contributed by atoms with Crippen LogP contribution >= 0.6 is 0 Å². The van der Waals surface area contributed by atoms with Gasteiger partial charge < -0.3 is 31.0 Å². The molecule has 0 amide bonds. The lowest BCUT2D eigenvalue weighted by molar-refractivity contribution is -0.0341. The van der Waals surface area contributed by atoms with Gasteiger partial charge in [0.2, 0.25) is 0 Å². The molecule has 0 radical (unpaired) electrons. The van der Waals surface area contributed by atoms with Crippen LogP contribution in [-0.4, -0.2) is 31.9 Å². The van der Waals surface area contributed by atoms with E-state index >= 15 is 0 Å². The SMILES string of the molecule is CC(Oc1cccc(Oc2ccc(N)c(N)c2)c1)C(C)C1CNCCO1. The minimum atomic E-state index is 0.0160. The number of morpholine rings is 1. The number of hydrogen-bond donors (Lipinski definition) is 3. The lowest BCUT2D eigenvalue weighted by atomic mass is 9.98. The van der Waals surface area contributed by atoms with Crippen LogP contribution < -0.4 is 26.3 Å². The Balaban J connectivity index is 1.63. The number of nitrogens with two attached hydrogens (primary N) is 2. The van der Waals surface area contributed by atoms with Crippen LogP contribution in [0.3, 0.4) is 0 Å². The number of rotatable bonds is 6. The molecule has 2 aromatic carbocycles. The summed E-state index contributed by atoms with van der Waals surface area (Å²) in [4.78, 5) is 0. The zero-order chi connectivity index (χ0) is 18.5. The second kappa shape index (κ2) is 8.29. The molecule has 0 aliphatic carbocycles. The van der Waals surface area contributed by atoms with Crippen molar-refractivity contribution in [2.75, 3.05) is 31.2 Å². The average molecular weight is 357 g/mol. The fourth-order valence-corrected chi connectivity index (χ4v) is 2.91. The van der Waals surface area contributed by atoms with E-state index in [0.29, 0.717) is 22.9 Å². The van der Waals surface area contributed by atoms with Gasteiger partial charge in [-0.15, -0.1) is 0 Å². The predicted molar refractivity (Wildman–Crippen MR) is 104 cm³/mol. The Bertz CT molecular complexity index is 732. The first-order valence-electron chi connectivity index (χ1n) is 8.95. The molecule has 1 aliphatic heterocycles. The number of hydrogen-bond acceptors (Lipinski definition) is 6. The van der Waals surface area contributed by atoms with Crippen molar-refractivity contribution >= 4 is 11.4 Å². The summed E-state index contributed by atoms with van der Waals surface area (Å²) >= 11 is 0. The Kier molecular flexibility index (Phi) is 5.85. The number of ether oxygens (including phenoxy) is 3. The smallest absolute Gasteiger partial charge is 0.131 e. The topological polar surface area (TPSA) is 91.8 Å². The number of nitrogens with one attached hydrogen (secondary N) is 1. The van der Waals surface area contributed by atoms with E-state index in [1.54, 1.807) is 18.2 Å². The second-order valence-electron chi connectivity index (χ2n) is 6.66. The monoisotopic (exact) mass is 357 g/mol. The predicted octanol–water partition coefficient (Wildman–Crippen LogP) is 3.04. The van der Waals surface area contributed by atoms with Crippen LogP contribution in [0.2, 0.25) is 0 Å². The lowest BCUT2D eigenvalue weighted by Gasteiger charge is -2.32. The Labute approximate surface area is 154 Å². The molecule has 5 N–H and O–H groups in total. The van der Waals surface area contributed by atoms with Crippen molar-refractivity contribution < 1.29 is 14.2 Å². The Hall–Kier alpha value is -2.44. The zero-order valence-corrected chi connectivity index (χ0v) is 15.3. The third kappa shape index (κ3) is 4.59. The van der Waals surface area contributed by atoms with Crippen LogP contribution in [0.15, 0.2) is 42.5 Å². The summed E-state index contributed by atoms with van der Waals surface area (Å²) in [5.74, 6) is 2.34. The molecule has 0 saturated carbocycles. The van der Waals surface area contributed by atoms with Crippen LogP contribution in [0.25, 0.3) is 0 Å². The molecule has 6 nitrogen and oxygen atoms in total. The molecule has 3 unspecified atom stereocenters. The van der Waals surface area contributed by atoms with E-state index in [-0.39, 0.29) is 18.1 Å². The van der Waals surface area contributed by atoms with Crippen LogP contribution in [0, 0.1) is 5.92 Å². The highest BCUT2D eigenvalue weighted by Crippen LogP contribution is 2.29. The molecule has 26 heavy (non-hydrogen) atoms. The maximum Gasteiger partial charge on any atom is 0.131 e. The van der Waals surface area contributed by atoms with E-state index in [1.807, 2.05) is 24.3 Å². The van der Waals surface area contributed by atoms with Gasteiger partial charge in [0.05, 0.1) is 24.1 Å². The Morgan fingerprint density at radius 2 is 1.81 bits per heavy atom. The molecule has 1 heterocycles. The minimum Gasteiger partial charge on any atom is -0.490 e. The van der Waals surface area contributed by atoms with Gasteiger partial charge in [0.1, 0.15) is 23.4 Å². The minimum absolute atomic E-state index is 0.0160. The van der Waals surface area contributed by atoms with Crippen LogP contribution in [0.1, 0.15) is 13.8 Å². The quantitative estimate of drug-likeness (QED) is 0.688. The summed E-state index contributed by atoms with van der Waals surface area (Å²) in [5, 5.41) is 3.36. The molecule has 3 atom stereocenters. The molecule has 6 heteroatoms. The molecular formula is C20H27N3O3. The maximum absolute atomic E-state index is 6.12. The van der Waals surface area contributed by atoms with Gasteiger partial charge in [-0.3, -0.25) is 0 Å². The van der Waals surface area contributed by atoms with E-state index in [0.717, 1.165) is 25.4 Å². The van der Waals surface area contributed by atoms with Gasteiger partial charge in [0.15, 0.2) is 0 Å². The highest BCUT2D eigenvalue weighted by atomic mass is 16.5. The summed E-state index contributed by atoms with van der Waals surface area (Å²) in [5.41, 5.74) is 12.6. The van der Waals surface area contributed by atoms with Crippen molar-refractivity contribution in [1.29, 1.82) is 0 Å². The number of benzene rings is 2. The molecule has 1 fully saturated rings. The van der Waals surface area contributed by atoms with Gasteiger partial charge >= 0.3 is 0 Å². The highest BCUT2D eigenvalue weighted by Gasteiger charge is 2.26. The first-order valence-corrected chi connectivity index (χ1v) is 8.95.